The van der Waals surface area contributed by atoms with Crippen molar-refractivity contribution in [2.45, 2.75) is 19.6 Å². The first-order chi connectivity index (χ1) is 9.20. The van der Waals surface area contributed by atoms with E-state index in [9.17, 15) is 4.79 Å². The zero-order chi connectivity index (χ0) is 13.7. The molecule has 1 fully saturated rings. The third kappa shape index (κ3) is 3.68. The smallest absolute Gasteiger partial charge is 0.263 e. The van der Waals surface area contributed by atoms with Gasteiger partial charge in [-0.15, -0.1) is 0 Å². The highest BCUT2D eigenvalue weighted by Crippen LogP contribution is 2.15. The molecule has 1 amide bonds. The molecule has 1 aliphatic heterocycles. The number of benzene rings is 1. The van der Waals surface area contributed by atoms with Gasteiger partial charge in [0, 0.05) is 26.2 Å². The number of hydrogen-bond donors (Lipinski definition) is 2. The van der Waals surface area contributed by atoms with Gasteiger partial charge in [0.1, 0.15) is 5.75 Å². The Morgan fingerprint density at radius 2 is 2.00 bits per heavy atom. The summed E-state index contributed by atoms with van der Waals surface area (Å²) in [6, 6.07) is 7.12. The Morgan fingerprint density at radius 3 is 2.58 bits per heavy atom. The van der Waals surface area contributed by atoms with E-state index in [4.69, 9.17) is 9.84 Å². The van der Waals surface area contributed by atoms with E-state index in [0.29, 0.717) is 5.75 Å². The fourth-order valence-electron chi connectivity index (χ4n) is 2.07. The first kappa shape index (κ1) is 13.8. The summed E-state index contributed by atoms with van der Waals surface area (Å²) in [4.78, 5) is 14.0. The molecule has 0 bridgehead atoms. The van der Waals surface area contributed by atoms with Crippen LogP contribution >= 0.6 is 0 Å². The van der Waals surface area contributed by atoms with Crippen LogP contribution < -0.4 is 10.1 Å². The lowest BCUT2D eigenvalue weighted by Crippen LogP contribution is -2.50. The normalized spacial score (nSPS) is 17.1. The summed E-state index contributed by atoms with van der Waals surface area (Å²) < 4.78 is 5.64. The molecule has 1 aliphatic rings. The van der Waals surface area contributed by atoms with Crippen LogP contribution in [-0.2, 0) is 11.4 Å². The number of rotatable bonds is 4. The van der Waals surface area contributed by atoms with Gasteiger partial charge in [-0.1, -0.05) is 12.1 Å². The van der Waals surface area contributed by atoms with Crippen molar-refractivity contribution >= 4 is 5.91 Å². The Labute approximate surface area is 113 Å². The Balaban J connectivity index is 1.91. The van der Waals surface area contributed by atoms with E-state index in [2.05, 4.69) is 5.32 Å². The van der Waals surface area contributed by atoms with Crippen LogP contribution in [0.15, 0.2) is 24.3 Å². The predicted molar refractivity (Wildman–Crippen MR) is 71.9 cm³/mol. The van der Waals surface area contributed by atoms with Crippen LogP contribution in [0.1, 0.15) is 12.5 Å². The SMILES string of the molecule is CC(Oc1ccc(CO)cc1)C(=O)N1CCNCC1. The minimum Gasteiger partial charge on any atom is -0.481 e. The average molecular weight is 264 g/mol. The number of carbonyl (C=O) groups is 1. The second kappa shape index (κ2) is 6.54. The first-order valence-electron chi connectivity index (χ1n) is 6.56. The van der Waals surface area contributed by atoms with Crippen molar-refractivity contribution in [1.82, 2.24) is 10.2 Å². The number of piperazine rings is 1. The molecule has 19 heavy (non-hydrogen) atoms. The van der Waals surface area contributed by atoms with E-state index >= 15 is 0 Å². The van der Waals surface area contributed by atoms with Crippen LogP contribution in [0, 0.1) is 0 Å². The quantitative estimate of drug-likeness (QED) is 0.825. The van der Waals surface area contributed by atoms with Crippen molar-refractivity contribution in [3.63, 3.8) is 0 Å². The molecule has 5 heteroatoms. The number of carbonyl (C=O) groups excluding carboxylic acids is 1. The Bertz CT molecular complexity index is 413. The predicted octanol–water partition coefficient (Wildman–Crippen LogP) is 0.378. The maximum atomic E-state index is 12.2. The van der Waals surface area contributed by atoms with Crippen molar-refractivity contribution in [1.29, 1.82) is 0 Å². The molecule has 0 spiro atoms. The molecule has 1 atom stereocenters. The highest BCUT2D eigenvalue weighted by atomic mass is 16.5. The minimum atomic E-state index is -0.488. The standard InChI is InChI=1S/C14H20N2O3/c1-11(14(18)16-8-6-15-7-9-16)19-13-4-2-12(10-17)3-5-13/h2-5,11,15,17H,6-10H2,1H3. The van der Waals surface area contributed by atoms with Gasteiger partial charge < -0.3 is 20.1 Å². The lowest BCUT2D eigenvalue weighted by molar-refractivity contribution is -0.138. The molecule has 0 aliphatic carbocycles. The highest BCUT2D eigenvalue weighted by Gasteiger charge is 2.23. The van der Waals surface area contributed by atoms with Crippen LogP contribution in [0.25, 0.3) is 0 Å². The molecule has 2 rings (SSSR count). The Morgan fingerprint density at radius 1 is 1.37 bits per heavy atom. The molecule has 1 aromatic carbocycles. The van der Waals surface area contributed by atoms with Gasteiger partial charge in [0.2, 0.25) is 0 Å². The van der Waals surface area contributed by atoms with E-state index in [1.165, 1.54) is 0 Å². The van der Waals surface area contributed by atoms with Gasteiger partial charge in [0.15, 0.2) is 6.10 Å². The van der Waals surface area contributed by atoms with Crippen LogP contribution in [0.3, 0.4) is 0 Å². The van der Waals surface area contributed by atoms with E-state index in [0.717, 1.165) is 31.7 Å². The van der Waals surface area contributed by atoms with E-state index < -0.39 is 6.10 Å². The van der Waals surface area contributed by atoms with Gasteiger partial charge in [0.05, 0.1) is 6.61 Å². The maximum absolute atomic E-state index is 12.2. The summed E-state index contributed by atoms with van der Waals surface area (Å²) in [7, 11) is 0. The number of nitrogens with one attached hydrogen (secondary N) is 1. The molecule has 1 heterocycles. The summed E-state index contributed by atoms with van der Waals surface area (Å²) in [6.45, 7) is 4.92. The summed E-state index contributed by atoms with van der Waals surface area (Å²) in [5.41, 5.74) is 0.827. The second-order valence-electron chi connectivity index (χ2n) is 4.64. The van der Waals surface area contributed by atoms with Gasteiger partial charge in [-0.05, 0) is 24.6 Å². The molecule has 0 aromatic heterocycles. The largest absolute Gasteiger partial charge is 0.481 e. The van der Waals surface area contributed by atoms with Crippen molar-refractivity contribution in [3.8, 4) is 5.75 Å². The number of ether oxygens (including phenoxy) is 1. The van der Waals surface area contributed by atoms with Crippen LogP contribution in [0.4, 0.5) is 0 Å². The van der Waals surface area contributed by atoms with Gasteiger partial charge in [-0.25, -0.2) is 0 Å². The van der Waals surface area contributed by atoms with Gasteiger partial charge >= 0.3 is 0 Å². The molecule has 104 valence electrons. The Hall–Kier alpha value is -1.59. The number of aliphatic hydroxyl groups excluding tert-OH is 1. The molecule has 2 N–H and O–H groups in total. The summed E-state index contributed by atoms with van der Waals surface area (Å²) >= 11 is 0. The zero-order valence-electron chi connectivity index (χ0n) is 11.1. The van der Waals surface area contributed by atoms with Crippen LogP contribution in [0.2, 0.25) is 0 Å². The summed E-state index contributed by atoms with van der Waals surface area (Å²) in [5.74, 6) is 0.668. The molecule has 5 nitrogen and oxygen atoms in total. The fourth-order valence-corrected chi connectivity index (χ4v) is 2.07. The molecule has 1 aromatic rings. The molecule has 0 radical (unpaired) electrons. The molecule has 0 saturated carbocycles. The topological polar surface area (TPSA) is 61.8 Å². The summed E-state index contributed by atoms with van der Waals surface area (Å²) in [6.07, 6.45) is -0.488. The molecular formula is C14H20N2O3. The monoisotopic (exact) mass is 264 g/mol. The summed E-state index contributed by atoms with van der Waals surface area (Å²) in [5, 5.41) is 12.2. The third-order valence-electron chi connectivity index (χ3n) is 3.20. The highest BCUT2D eigenvalue weighted by molar-refractivity contribution is 5.81. The molecular weight excluding hydrogens is 244 g/mol. The molecule has 1 saturated heterocycles. The van der Waals surface area contributed by atoms with Crippen LogP contribution in [0.5, 0.6) is 5.75 Å². The Kier molecular flexibility index (Phi) is 4.76. The van der Waals surface area contributed by atoms with Crippen molar-refractivity contribution in [2.24, 2.45) is 0 Å². The van der Waals surface area contributed by atoms with Gasteiger partial charge in [-0.3, -0.25) is 4.79 Å². The zero-order valence-corrected chi connectivity index (χ0v) is 11.1. The average Bonchev–Trinajstić information content (AvgIpc) is 2.48. The number of aliphatic hydroxyl groups is 1. The number of hydrogen-bond acceptors (Lipinski definition) is 4. The van der Waals surface area contributed by atoms with E-state index in [1.54, 1.807) is 31.2 Å². The first-order valence-corrected chi connectivity index (χ1v) is 6.56. The van der Waals surface area contributed by atoms with Gasteiger partial charge in [0.25, 0.3) is 5.91 Å². The molecule has 1 unspecified atom stereocenters. The number of nitrogens with zero attached hydrogens (tertiary/aromatic N) is 1. The van der Waals surface area contributed by atoms with Crippen molar-refractivity contribution < 1.29 is 14.6 Å². The lowest BCUT2D eigenvalue weighted by atomic mass is 10.2. The van der Waals surface area contributed by atoms with E-state index in [-0.39, 0.29) is 12.5 Å². The van der Waals surface area contributed by atoms with E-state index in [1.807, 2.05) is 4.90 Å². The number of amides is 1. The third-order valence-corrected chi connectivity index (χ3v) is 3.20. The maximum Gasteiger partial charge on any atom is 0.263 e. The lowest BCUT2D eigenvalue weighted by Gasteiger charge is -2.29. The fraction of sp³-hybridized carbons (Fsp3) is 0.500. The minimum absolute atomic E-state index is 0.00947. The van der Waals surface area contributed by atoms with Gasteiger partial charge in [-0.2, -0.15) is 0 Å². The second-order valence-corrected chi connectivity index (χ2v) is 4.64. The van der Waals surface area contributed by atoms with Crippen molar-refractivity contribution in [3.05, 3.63) is 29.8 Å². The van der Waals surface area contributed by atoms with Crippen LogP contribution in [-0.4, -0.2) is 48.2 Å². The van der Waals surface area contributed by atoms with Crippen molar-refractivity contribution in [2.75, 3.05) is 26.2 Å².